The SMILES string of the molecule is [B]C1(c2ccnc(-c3c(C)ccc4c3oc3ncc5ccccc5c34)c2)CCCCC1. The van der Waals surface area contributed by atoms with Crippen molar-refractivity contribution in [2.24, 2.45) is 0 Å². The molecule has 0 unspecified atom stereocenters. The highest BCUT2D eigenvalue weighted by Crippen LogP contribution is 2.41. The summed E-state index contributed by atoms with van der Waals surface area (Å²) in [5, 5.41) is 4.15. The first-order valence-electron chi connectivity index (χ1n) is 11.1. The van der Waals surface area contributed by atoms with Crippen molar-refractivity contribution in [3.63, 3.8) is 0 Å². The molecular formula is C27H23BN2O. The van der Waals surface area contributed by atoms with Crippen LogP contribution in [0.5, 0.6) is 0 Å². The van der Waals surface area contributed by atoms with Crippen molar-refractivity contribution in [3.8, 4) is 11.3 Å². The predicted octanol–water partition coefficient (Wildman–Crippen LogP) is 6.83. The van der Waals surface area contributed by atoms with E-state index in [2.05, 4.69) is 54.4 Å². The van der Waals surface area contributed by atoms with E-state index in [1.165, 1.54) is 24.8 Å². The number of hydrogen-bond acceptors (Lipinski definition) is 3. The number of furan rings is 1. The van der Waals surface area contributed by atoms with Gasteiger partial charge in [-0.1, -0.05) is 68.5 Å². The van der Waals surface area contributed by atoms with E-state index in [0.29, 0.717) is 5.71 Å². The van der Waals surface area contributed by atoms with Crippen molar-refractivity contribution in [2.45, 2.75) is 44.3 Å². The van der Waals surface area contributed by atoms with Gasteiger partial charge in [0, 0.05) is 28.7 Å². The molecule has 0 N–H and O–H groups in total. The van der Waals surface area contributed by atoms with Gasteiger partial charge in [-0.05, 0) is 40.9 Å². The number of aromatic nitrogens is 2. The Morgan fingerprint density at radius 2 is 1.77 bits per heavy atom. The molecule has 150 valence electrons. The Labute approximate surface area is 182 Å². The molecule has 3 aromatic heterocycles. The molecule has 1 aliphatic carbocycles. The summed E-state index contributed by atoms with van der Waals surface area (Å²) >= 11 is 0. The Balaban J connectivity index is 1.61. The van der Waals surface area contributed by atoms with Crippen molar-refractivity contribution in [1.29, 1.82) is 0 Å². The molecule has 4 heteroatoms. The molecule has 1 aliphatic rings. The Hall–Kier alpha value is -3.14. The number of hydrogen-bond donors (Lipinski definition) is 0. The van der Waals surface area contributed by atoms with E-state index in [0.717, 1.165) is 56.8 Å². The molecule has 3 heterocycles. The first kappa shape index (κ1) is 18.6. The van der Waals surface area contributed by atoms with Crippen LogP contribution in [0, 0.1) is 6.92 Å². The lowest BCUT2D eigenvalue weighted by Crippen LogP contribution is -2.29. The standard InChI is InChI=1S/C27H23BN2O/c1-17-9-10-21-24-20-8-4-3-7-18(20)16-30-26(24)31-25(21)23(17)22-15-19(11-14-29-22)27(28)12-5-2-6-13-27/h3-4,7-11,14-16H,2,5-6,12-13H2,1H3. The van der Waals surface area contributed by atoms with Gasteiger partial charge >= 0.3 is 0 Å². The average molecular weight is 402 g/mol. The second-order valence-electron chi connectivity index (χ2n) is 8.91. The molecule has 0 aliphatic heterocycles. The van der Waals surface area contributed by atoms with Gasteiger partial charge in [0.25, 0.3) is 0 Å². The Morgan fingerprint density at radius 3 is 2.65 bits per heavy atom. The third-order valence-electron chi connectivity index (χ3n) is 6.94. The Morgan fingerprint density at radius 1 is 0.935 bits per heavy atom. The Bertz CT molecular complexity index is 1450. The number of aryl methyl sites for hydroxylation is 1. The van der Waals surface area contributed by atoms with Crippen molar-refractivity contribution >= 4 is 40.7 Å². The Kier molecular flexibility index (Phi) is 4.17. The van der Waals surface area contributed by atoms with E-state index in [-0.39, 0.29) is 5.31 Å². The second kappa shape index (κ2) is 6.95. The molecule has 2 radical (unpaired) electrons. The van der Waals surface area contributed by atoms with Gasteiger partial charge in [-0.3, -0.25) is 4.98 Å². The minimum atomic E-state index is -0.261. The van der Waals surface area contributed by atoms with Crippen LogP contribution in [0.1, 0.15) is 43.2 Å². The van der Waals surface area contributed by atoms with Gasteiger partial charge in [0.2, 0.25) is 5.71 Å². The van der Waals surface area contributed by atoms with E-state index >= 15 is 0 Å². The number of rotatable bonds is 2. The molecule has 31 heavy (non-hydrogen) atoms. The van der Waals surface area contributed by atoms with Crippen LogP contribution in [-0.2, 0) is 5.31 Å². The first-order chi connectivity index (χ1) is 15.1. The van der Waals surface area contributed by atoms with E-state index in [1.54, 1.807) is 0 Å². The number of benzene rings is 2. The summed E-state index contributed by atoms with van der Waals surface area (Å²) in [7, 11) is 6.84. The van der Waals surface area contributed by atoms with Crippen molar-refractivity contribution < 1.29 is 4.42 Å². The summed E-state index contributed by atoms with van der Waals surface area (Å²) in [6.45, 7) is 2.11. The molecule has 0 saturated heterocycles. The zero-order valence-electron chi connectivity index (χ0n) is 17.7. The van der Waals surface area contributed by atoms with Gasteiger partial charge in [0.1, 0.15) is 5.58 Å². The lowest BCUT2D eigenvalue weighted by Gasteiger charge is -2.35. The maximum absolute atomic E-state index is 6.84. The smallest absolute Gasteiger partial charge is 0.227 e. The van der Waals surface area contributed by atoms with Gasteiger partial charge < -0.3 is 4.42 Å². The summed E-state index contributed by atoms with van der Waals surface area (Å²) < 4.78 is 6.36. The van der Waals surface area contributed by atoms with Crippen molar-refractivity contribution in [1.82, 2.24) is 9.97 Å². The van der Waals surface area contributed by atoms with Gasteiger partial charge in [0.15, 0.2) is 0 Å². The minimum absolute atomic E-state index is 0.261. The maximum Gasteiger partial charge on any atom is 0.227 e. The molecule has 0 atom stereocenters. The van der Waals surface area contributed by atoms with Crippen LogP contribution in [0.3, 0.4) is 0 Å². The molecule has 0 spiro atoms. The quantitative estimate of drug-likeness (QED) is 0.304. The molecule has 2 aromatic carbocycles. The number of nitrogens with zero attached hydrogens (tertiary/aromatic N) is 2. The van der Waals surface area contributed by atoms with Crippen LogP contribution < -0.4 is 0 Å². The monoisotopic (exact) mass is 402 g/mol. The fourth-order valence-electron chi connectivity index (χ4n) is 5.23. The van der Waals surface area contributed by atoms with Crippen LogP contribution in [-0.4, -0.2) is 17.8 Å². The predicted molar refractivity (Wildman–Crippen MR) is 128 cm³/mol. The highest BCUT2D eigenvalue weighted by molar-refractivity contribution is 6.19. The van der Waals surface area contributed by atoms with Crippen molar-refractivity contribution in [3.05, 3.63) is 72.1 Å². The highest BCUT2D eigenvalue weighted by Gasteiger charge is 2.29. The molecule has 5 aromatic rings. The molecule has 0 amide bonds. The zero-order chi connectivity index (χ0) is 21.0. The van der Waals surface area contributed by atoms with Crippen LogP contribution >= 0.6 is 0 Å². The molecular weight excluding hydrogens is 379 g/mol. The van der Waals surface area contributed by atoms with Crippen LogP contribution in [0.15, 0.2) is 65.3 Å². The topological polar surface area (TPSA) is 38.9 Å². The second-order valence-corrected chi connectivity index (χ2v) is 8.91. The normalized spacial score (nSPS) is 16.3. The summed E-state index contributed by atoms with van der Waals surface area (Å²) in [4.78, 5) is 9.35. The molecule has 1 fully saturated rings. The van der Waals surface area contributed by atoms with Gasteiger partial charge in [-0.15, -0.1) is 0 Å². The summed E-state index contributed by atoms with van der Waals surface area (Å²) in [5.74, 6) is 0. The fraction of sp³-hybridized carbons (Fsp3) is 0.259. The van der Waals surface area contributed by atoms with Gasteiger partial charge in [-0.2, -0.15) is 0 Å². The van der Waals surface area contributed by atoms with Crippen LogP contribution in [0.2, 0.25) is 0 Å². The molecule has 0 bridgehead atoms. The van der Waals surface area contributed by atoms with Crippen LogP contribution in [0.4, 0.5) is 0 Å². The minimum Gasteiger partial charge on any atom is -0.437 e. The first-order valence-corrected chi connectivity index (χ1v) is 11.1. The molecule has 3 nitrogen and oxygen atoms in total. The largest absolute Gasteiger partial charge is 0.437 e. The number of pyridine rings is 2. The third-order valence-corrected chi connectivity index (χ3v) is 6.94. The lowest BCUT2D eigenvalue weighted by atomic mass is 9.57. The maximum atomic E-state index is 6.84. The fourth-order valence-corrected chi connectivity index (χ4v) is 5.23. The third kappa shape index (κ3) is 2.89. The van der Waals surface area contributed by atoms with Gasteiger partial charge in [-0.25, -0.2) is 4.98 Å². The van der Waals surface area contributed by atoms with Crippen molar-refractivity contribution in [2.75, 3.05) is 0 Å². The summed E-state index contributed by atoms with van der Waals surface area (Å²) in [5.41, 5.74) is 5.77. The van der Waals surface area contributed by atoms with E-state index in [1.807, 2.05) is 18.5 Å². The molecule has 6 rings (SSSR count). The van der Waals surface area contributed by atoms with E-state index in [9.17, 15) is 0 Å². The van der Waals surface area contributed by atoms with E-state index in [4.69, 9.17) is 17.2 Å². The summed E-state index contributed by atoms with van der Waals surface area (Å²) in [6.07, 6.45) is 9.47. The van der Waals surface area contributed by atoms with Gasteiger partial charge in [0.05, 0.1) is 18.9 Å². The lowest BCUT2D eigenvalue weighted by molar-refractivity contribution is 0.398. The zero-order valence-corrected chi connectivity index (χ0v) is 17.7. The number of fused-ring (bicyclic) bond motifs is 5. The van der Waals surface area contributed by atoms with E-state index < -0.39 is 0 Å². The average Bonchev–Trinajstić information content (AvgIpc) is 3.18. The summed E-state index contributed by atoms with van der Waals surface area (Å²) in [6, 6.07) is 16.9. The van der Waals surface area contributed by atoms with Crippen LogP contribution in [0.25, 0.3) is 44.1 Å². The highest BCUT2D eigenvalue weighted by atomic mass is 16.3. The molecule has 1 saturated carbocycles.